The van der Waals surface area contributed by atoms with Gasteiger partial charge < -0.3 is 39.9 Å². The van der Waals surface area contributed by atoms with Crippen LogP contribution in [-0.2, 0) is 25.8 Å². The Kier molecular flexibility index (Phi) is 20.3. The number of guanidine groups is 2. The van der Waals surface area contributed by atoms with Crippen LogP contribution < -0.4 is 29.1 Å². The Morgan fingerprint density at radius 2 is 0.757 bits per heavy atom. The molecule has 6 aromatic rings. The quantitative estimate of drug-likeness (QED) is 0.0615. The number of hydrogen-bond donors (Lipinski definition) is 0. The molecular formula is C61H74HfN6O2. The minimum absolute atomic E-state index is 0. The molecule has 0 aliphatic carbocycles. The third-order valence-corrected chi connectivity index (χ3v) is 12.6. The van der Waals surface area contributed by atoms with E-state index in [1.807, 2.05) is 82.6 Å². The van der Waals surface area contributed by atoms with E-state index in [1.165, 1.54) is 22.3 Å². The molecule has 2 heterocycles. The first-order valence-electron chi connectivity index (χ1n) is 24.8. The Bertz CT molecular complexity index is 2400. The topological polar surface area (TPSA) is 76.0 Å². The minimum Gasteiger partial charge on any atom is -0.493 e. The van der Waals surface area contributed by atoms with Gasteiger partial charge in [0.25, 0.3) is 0 Å². The fourth-order valence-corrected chi connectivity index (χ4v) is 8.92. The van der Waals surface area contributed by atoms with Gasteiger partial charge in [-0.3, -0.25) is 0 Å². The number of hydrogen-bond acceptors (Lipinski definition) is 2. The molecule has 70 heavy (non-hydrogen) atoms. The molecule has 6 aromatic carbocycles. The van der Waals surface area contributed by atoms with Crippen LogP contribution in [0.25, 0.3) is 10.8 Å². The molecule has 0 radical (unpaired) electrons. The number of para-hydroxylation sites is 2. The molecule has 0 amide bonds. The first kappa shape index (κ1) is 55.0. The summed E-state index contributed by atoms with van der Waals surface area (Å²) in [6.07, 6.45) is 0.656. The molecule has 364 valence electrons. The summed E-state index contributed by atoms with van der Waals surface area (Å²) in [7, 11) is 0. The van der Waals surface area contributed by atoms with E-state index >= 15 is 0 Å². The van der Waals surface area contributed by atoms with Gasteiger partial charge in [0.05, 0.1) is 13.2 Å². The molecule has 0 spiro atoms. The fourth-order valence-electron chi connectivity index (χ4n) is 8.92. The van der Waals surface area contributed by atoms with E-state index in [9.17, 15) is 10.8 Å². The zero-order valence-corrected chi connectivity index (χ0v) is 47.0. The van der Waals surface area contributed by atoms with Crippen LogP contribution in [0.5, 0.6) is 11.5 Å². The smallest absolute Gasteiger partial charge is 0.493 e. The van der Waals surface area contributed by atoms with Crippen LogP contribution >= 0.6 is 0 Å². The van der Waals surface area contributed by atoms with E-state index in [0.717, 1.165) is 56.5 Å². The molecule has 0 bridgehead atoms. The van der Waals surface area contributed by atoms with Crippen LogP contribution in [0.3, 0.4) is 0 Å². The standard InChI is InChI=1S/C47H60N6O2.2C7H7.Hf/c1-30(2)36-14-11-15-37(31(3)4)44(36)52-24-22-50(46(52)48)40-28-34(9)18-20-42(40)54-26-13-27-55-43-21-19-35(10)29-41(43)51-23-25-53(47(51)49)45-38(32(5)6)16-12-17-39(45)33(7)8;2*1-7-5-3-2-4-6-7;/h11-12,14-21,28-33H,13,22-27H2,1-10H3;2*2-6H,1H2;/q-2;2*-1;+4. The third-order valence-electron chi connectivity index (χ3n) is 12.6. The number of rotatable bonds is 14. The number of ether oxygens (including phenoxy) is 2. The maximum atomic E-state index is 11.8. The largest absolute Gasteiger partial charge is 4.00 e. The molecule has 0 N–H and O–H groups in total. The molecule has 9 heteroatoms. The number of aryl methyl sites for hydroxylation is 2. The fraction of sp³-hybridized carbons (Fsp3) is 0.344. The molecule has 0 saturated carbocycles. The van der Waals surface area contributed by atoms with Crippen molar-refractivity contribution in [2.24, 2.45) is 0 Å². The molecule has 0 unspecified atom stereocenters. The molecule has 2 aliphatic rings. The second-order valence-electron chi connectivity index (χ2n) is 19.4. The van der Waals surface area contributed by atoms with E-state index in [1.54, 1.807) is 0 Å². The maximum Gasteiger partial charge on any atom is 4.00 e. The number of anilines is 4. The van der Waals surface area contributed by atoms with Gasteiger partial charge in [-0.05, 0) is 122 Å². The van der Waals surface area contributed by atoms with E-state index in [-0.39, 0.29) is 37.8 Å². The monoisotopic (exact) mass is 1100 g/mol. The van der Waals surface area contributed by atoms with Gasteiger partial charge in [0.2, 0.25) is 0 Å². The van der Waals surface area contributed by atoms with Gasteiger partial charge >= 0.3 is 25.8 Å². The van der Waals surface area contributed by atoms with Crippen molar-refractivity contribution >= 4 is 34.7 Å². The summed E-state index contributed by atoms with van der Waals surface area (Å²) in [6.45, 7) is 32.8. The van der Waals surface area contributed by atoms with E-state index in [4.69, 9.17) is 9.47 Å². The molecule has 2 fully saturated rings. The predicted molar refractivity (Wildman–Crippen MR) is 295 cm³/mol. The van der Waals surface area contributed by atoms with Crippen molar-refractivity contribution in [2.75, 3.05) is 59.0 Å². The Balaban J connectivity index is 0.000000521. The summed E-state index contributed by atoms with van der Waals surface area (Å²) in [4.78, 5) is 8.10. The summed E-state index contributed by atoms with van der Waals surface area (Å²) in [5.41, 5.74) is 13.3. The van der Waals surface area contributed by atoms with Gasteiger partial charge in [0.15, 0.2) is 0 Å². The van der Waals surface area contributed by atoms with Crippen LogP contribution in [0.4, 0.5) is 22.7 Å². The van der Waals surface area contributed by atoms with Crippen molar-refractivity contribution in [3.8, 4) is 11.5 Å². The van der Waals surface area contributed by atoms with E-state index in [2.05, 4.69) is 154 Å². The summed E-state index contributed by atoms with van der Waals surface area (Å²) < 4.78 is 12.8. The molecular weight excluding hydrogens is 1030 g/mol. The van der Waals surface area contributed by atoms with Gasteiger partial charge in [0.1, 0.15) is 11.5 Å². The molecule has 8 rings (SSSR count). The van der Waals surface area contributed by atoms with Gasteiger partial charge in [-0.25, -0.2) is 0 Å². The van der Waals surface area contributed by atoms with Crippen molar-refractivity contribution in [2.45, 2.75) is 99.3 Å². The maximum absolute atomic E-state index is 11.8. The van der Waals surface area contributed by atoms with E-state index in [0.29, 0.717) is 69.5 Å². The second kappa shape index (κ2) is 25.8. The first-order valence-corrected chi connectivity index (χ1v) is 24.8. The Morgan fingerprint density at radius 3 is 1.04 bits per heavy atom. The second-order valence-corrected chi connectivity index (χ2v) is 19.4. The van der Waals surface area contributed by atoms with Gasteiger partial charge in [-0.1, -0.05) is 127 Å². The molecule has 8 nitrogen and oxygen atoms in total. The van der Waals surface area contributed by atoms with Gasteiger partial charge in [-0.15, -0.1) is 24.3 Å². The average molecular weight is 1100 g/mol. The first-order chi connectivity index (χ1) is 33.1. The Labute approximate surface area is 439 Å². The van der Waals surface area contributed by atoms with Crippen LogP contribution in [0.2, 0.25) is 0 Å². The van der Waals surface area contributed by atoms with Gasteiger partial charge in [0, 0.05) is 29.7 Å². The Hall–Kier alpha value is -5.93. The van der Waals surface area contributed by atoms with Crippen LogP contribution in [0.1, 0.15) is 130 Å². The Morgan fingerprint density at radius 1 is 0.443 bits per heavy atom. The van der Waals surface area contributed by atoms with Gasteiger partial charge in [-0.2, -0.15) is 49.2 Å². The van der Waals surface area contributed by atoms with Crippen molar-refractivity contribution in [1.82, 2.24) is 0 Å². The van der Waals surface area contributed by atoms with Crippen LogP contribution in [0.15, 0.2) is 133 Å². The molecule has 2 aliphatic heterocycles. The summed E-state index contributed by atoms with van der Waals surface area (Å²) >= 11 is 0. The zero-order chi connectivity index (χ0) is 49.8. The third kappa shape index (κ3) is 13.7. The summed E-state index contributed by atoms with van der Waals surface area (Å²) in [6, 6.07) is 45.0. The SMILES string of the molecule is Cc1ccc(OCCCOc2ccc(C)cc2N2CCN(c3c(C(C)C)cccc3C(C)C)C2=[N-])c(N2CCN(c3c(C(C)C)cccc3C(C)C)C2=[N-])c1.[CH2-]c1ccccc1.[CH2-]c1ccccc1.[Hf+4]. The number of benzene rings is 6. The molecule has 2 saturated heterocycles. The normalized spacial score (nSPS) is 13.4. The zero-order valence-electron chi connectivity index (χ0n) is 43.4. The van der Waals surface area contributed by atoms with Crippen molar-refractivity contribution in [3.05, 3.63) is 203 Å². The predicted octanol–water partition coefficient (Wildman–Crippen LogP) is 14.9. The van der Waals surface area contributed by atoms with Crippen LogP contribution in [0, 0.1) is 27.7 Å². The van der Waals surface area contributed by atoms with Crippen molar-refractivity contribution < 1.29 is 35.3 Å². The average Bonchev–Trinajstić information content (AvgIpc) is 3.90. The number of nitrogens with zero attached hydrogens (tertiary/aromatic N) is 6. The van der Waals surface area contributed by atoms with Crippen LogP contribution in [-0.4, -0.2) is 51.3 Å². The van der Waals surface area contributed by atoms with Crippen molar-refractivity contribution in [1.29, 1.82) is 0 Å². The summed E-state index contributed by atoms with van der Waals surface area (Å²) in [5, 5.41) is 23.6. The van der Waals surface area contributed by atoms with Crippen molar-refractivity contribution in [3.63, 3.8) is 0 Å². The van der Waals surface area contributed by atoms with E-state index < -0.39 is 0 Å². The summed E-state index contributed by atoms with van der Waals surface area (Å²) in [5.74, 6) is 3.22. The minimum atomic E-state index is 0. The molecule has 0 atom stereocenters. The molecule has 0 aromatic heterocycles.